The number of carbonyl (C=O) groups excluding carboxylic acids is 2. The fraction of sp³-hybridized carbons (Fsp3) is 0.524. The van der Waals surface area contributed by atoms with Crippen molar-refractivity contribution in [3.05, 3.63) is 35.5 Å². The maximum Gasteiger partial charge on any atom is 0.261 e. The molecule has 3 aliphatic heterocycles. The Morgan fingerprint density at radius 2 is 1.85 bits per heavy atom. The first-order chi connectivity index (χ1) is 13.1. The number of hydrogen-bond acceptors (Lipinski definition) is 3. The van der Waals surface area contributed by atoms with E-state index >= 15 is 0 Å². The number of nitrogens with one attached hydrogen (secondary N) is 2. The molecule has 6 nitrogen and oxygen atoms in total. The van der Waals surface area contributed by atoms with E-state index < -0.39 is 12.2 Å². The van der Waals surface area contributed by atoms with Gasteiger partial charge < -0.3 is 15.2 Å². The van der Waals surface area contributed by atoms with Gasteiger partial charge in [-0.05, 0) is 30.4 Å². The van der Waals surface area contributed by atoms with Crippen molar-refractivity contribution in [2.24, 2.45) is 5.92 Å². The second-order valence-electron chi connectivity index (χ2n) is 8.37. The Labute approximate surface area is 158 Å². The molecule has 5 rings (SSSR count). The van der Waals surface area contributed by atoms with Gasteiger partial charge in [0.2, 0.25) is 5.91 Å². The predicted molar refractivity (Wildman–Crippen MR) is 103 cm³/mol. The van der Waals surface area contributed by atoms with Gasteiger partial charge in [0, 0.05) is 36.1 Å². The number of likely N-dealkylation sites (tertiary alicyclic amines) is 1. The minimum absolute atomic E-state index is 0.0203. The summed E-state index contributed by atoms with van der Waals surface area (Å²) in [4.78, 5) is 34.1. The van der Waals surface area contributed by atoms with Crippen LogP contribution in [-0.4, -0.2) is 51.9 Å². The number of aromatic amines is 1. The lowest BCUT2D eigenvalue weighted by atomic mass is 9.84. The minimum atomic E-state index is -0.511. The molecule has 2 aromatic rings. The van der Waals surface area contributed by atoms with Crippen molar-refractivity contribution in [2.45, 2.75) is 51.4 Å². The van der Waals surface area contributed by atoms with Gasteiger partial charge in [-0.2, -0.15) is 0 Å². The van der Waals surface area contributed by atoms with Crippen LogP contribution in [0.1, 0.15) is 44.0 Å². The van der Waals surface area contributed by atoms with Gasteiger partial charge in [0.05, 0.1) is 6.04 Å². The SMILES string of the molecule is CC(C)C1c2[nH]c3ccccc3c2C[C@H]2C(=O)NC(N3CCCC3)C(=O)N12. The van der Waals surface area contributed by atoms with Gasteiger partial charge in [-0.1, -0.05) is 32.0 Å². The van der Waals surface area contributed by atoms with Gasteiger partial charge in [0.15, 0.2) is 6.17 Å². The molecular weight excluding hydrogens is 340 g/mol. The summed E-state index contributed by atoms with van der Waals surface area (Å²) in [6.45, 7) is 6.01. The summed E-state index contributed by atoms with van der Waals surface area (Å²) >= 11 is 0. The number of H-pyrrole nitrogens is 1. The molecule has 2 N–H and O–H groups in total. The molecule has 3 aliphatic rings. The van der Waals surface area contributed by atoms with Gasteiger partial charge in [-0.15, -0.1) is 0 Å². The van der Waals surface area contributed by atoms with Crippen LogP contribution >= 0.6 is 0 Å². The van der Waals surface area contributed by atoms with Crippen LogP contribution in [0.2, 0.25) is 0 Å². The Morgan fingerprint density at radius 1 is 1.11 bits per heavy atom. The summed E-state index contributed by atoms with van der Waals surface area (Å²) in [7, 11) is 0. The van der Waals surface area contributed by atoms with Crippen LogP contribution in [-0.2, 0) is 16.0 Å². The average molecular weight is 366 g/mol. The smallest absolute Gasteiger partial charge is 0.261 e. The fourth-order valence-electron chi connectivity index (χ4n) is 5.16. The highest BCUT2D eigenvalue weighted by Gasteiger charge is 2.50. The number of fused-ring (bicyclic) bond motifs is 4. The summed E-state index contributed by atoms with van der Waals surface area (Å²) in [6.07, 6.45) is 2.24. The van der Waals surface area contributed by atoms with E-state index in [1.807, 2.05) is 17.0 Å². The third kappa shape index (κ3) is 2.42. The Bertz CT molecular complexity index is 912. The third-order valence-electron chi connectivity index (χ3n) is 6.38. The van der Waals surface area contributed by atoms with Gasteiger partial charge in [0.1, 0.15) is 6.04 Å². The van der Waals surface area contributed by atoms with Crippen LogP contribution in [0.15, 0.2) is 24.3 Å². The lowest BCUT2D eigenvalue weighted by molar-refractivity contribution is -0.159. The molecule has 0 saturated carbocycles. The summed E-state index contributed by atoms with van der Waals surface area (Å²) < 4.78 is 0. The molecule has 3 atom stereocenters. The Kier molecular flexibility index (Phi) is 3.79. The number of benzene rings is 1. The van der Waals surface area contributed by atoms with Crippen molar-refractivity contribution in [1.82, 2.24) is 20.1 Å². The number of carbonyl (C=O) groups is 2. The van der Waals surface area contributed by atoms with E-state index in [1.165, 1.54) is 10.9 Å². The number of hydrogen-bond donors (Lipinski definition) is 2. The van der Waals surface area contributed by atoms with Gasteiger partial charge >= 0.3 is 0 Å². The standard InChI is InChI=1S/C21H26N4O2/c1-12(2)18-17-14(13-7-3-4-8-15(13)22-17)11-16-20(26)23-19(21(27)25(16)18)24-9-5-6-10-24/h3-4,7-8,12,16,18-19,22H,5-6,9-11H2,1-2H3,(H,23,26)/t16-,18?,19?/m0/s1. The molecular formula is C21H26N4O2. The molecule has 142 valence electrons. The fourth-order valence-corrected chi connectivity index (χ4v) is 5.16. The maximum absolute atomic E-state index is 13.5. The minimum Gasteiger partial charge on any atom is -0.356 e. The van der Waals surface area contributed by atoms with Crippen LogP contribution in [0.25, 0.3) is 10.9 Å². The first-order valence-corrected chi connectivity index (χ1v) is 10.0. The summed E-state index contributed by atoms with van der Waals surface area (Å²) in [5.41, 5.74) is 3.37. The molecule has 2 fully saturated rings. The lowest BCUT2D eigenvalue weighted by Gasteiger charge is -2.49. The van der Waals surface area contributed by atoms with E-state index in [1.54, 1.807) is 0 Å². The number of para-hydroxylation sites is 1. The number of amides is 2. The van der Waals surface area contributed by atoms with Gasteiger partial charge in [-0.3, -0.25) is 14.5 Å². The third-order valence-corrected chi connectivity index (χ3v) is 6.38. The molecule has 1 aromatic heterocycles. The number of piperazine rings is 1. The highest BCUT2D eigenvalue weighted by Crippen LogP contribution is 2.42. The van der Waals surface area contributed by atoms with Crippen LogP contribution in [0.3, 0.4) is 0 Å². The lowest BCUT2D eigenvalue weighted by Crippen LogP contribution is -2.69. The quantitative estimate of drug-likeness (QED) is 0.856. The van der Waals surface area contributed by atoms with Gasteiger partial charge in [0.25, 0.3) is 5.91 Å². The molecule has 2 unspecified atom stereocenters. The van der Waals surface area contributed by atoms with E-state index in [-0.39, 0.29) is 23.8 Å². The van der Waals surface area contributed by atoms with E-state index in [0.717, 1.165) is 37.1 Å². The molecule has 0 bridgehead atoms. The molecule has 27 heavy (non-hydrogen) atoms. The van der Waals surface area contributed by atoms with E-state index in [2.05, 4.69) is 41.2 Å². The zero-order valence-corrected chi connectivity index (χ0v) is 15.9. The largest absolute Gasteiger partial charge is 0.356 e. The highest BCUT2D eigenvalue weighted by atomic mass is 16.2. The second kappa shape index (κ2) is 6.09. The Hall–Kier alpha value is -2.34. The van der Waals surface area contributed by atoms with Crippen molar-refractivity contribution < 1.29 is 9.59 Å². The molecule has 2 amide bonds. The van der Waals surface area contributed by atoms with Crippen LogP contribution in [0.4, 0.5) is 0 Å². The molecule has 1 aromatic carbocycles. The summed E-state index contributed by atoms with van der Waals surface area (Å²) in [5.74, 6) is 0.242. The molecule has 6 heteroatoms. The van der Waals surface area contributed by atoms with Crippen LogP contribution in [0, 0.1) is 5.92 Å². The number of rotatable bonds is 2. The Morgan fingerprint density at radius 3 is 2.59 bits per heavy atom. The number of aromatic nitrogens is 1. The van der Waals surface area contributed by atoms with Crippen molar-refractivity contribution in [2.75, 3.05) is 13.1 Å². The van der Waals surface area contributed by atoms with E-state index in [0.29, 0.717) is 6.42 Å². The first-order valence-electron chi connectivity index (χ1n) is 10.0. The van der Waals surface area contributed by atoms with Crippen LogP contribution < -0.4 is 5.32 Å². The molecule has 4 heterocycles. The predicted octanol–water partition coefficient (Wildman–Crippen LogP) is 2.17. The van der Waals surface area contributed by atoms with Crippen molar-refractivity contribution >= 4 is 22.7 Å². The van der Waals surface area contributed by atoms with Crippen molar-refractivity contribution in [3.8, 4) is 0 Å². The van der Waals surface area contributed by atoms with Crippen molar-refractivity contribution in [1.29, 1.82) is 0 Å². The van der Waals surface area contributed by atoms with E-state index in [9.17, 15) is 9.59 Å². The molecule has 2 saturated heterocycles. The van der Waals surface area contributed by atoms with E-state index in [4.69, 9.17) is 0 Å². The van der Waals surface area contributed by atoms with Gasteiger partial charge in [-0.25, -0.2) is 0 Å². The summed E-state index contributed by atoms with van der Waals surface area (Å²) in [6, 6.07) is 7.70. The Balaban J connectivity index is 1.62. The van der Waals surface area contributed by atoms with Crippen LogP contribution in [0.5, 0.6) is 0 Å². The average Bonchev–Trinajstić information content (AvgIpc) is 3.30. The zero-order chi connectivity index (χ0) is 18.7. The second-order valence-corrected chi connectivity index (χ2v) is 8.37. The summed E-state index contributed by atoms with van der Waals surface area (Å²) in [5, 5.41) is 4.19. The molecule has 0 spiro atoms. The first kappa shape index (κ1) is 16.8. The number of nitrogens with zero attached hydrogens (tertiary/aromatic N) is 2. The molecule has 0 aliphatic carbocycles. The highest BCUT2D eigenvalue weighted by molar-refractivity contribution is 5.98. The normalized spacial score (nSPS) is 28.6. The monoisotopic (exact) mass is 366 g/mol. The maximum atomic E-state index is 13.5. The van der Waals surface area contributed by atoms with Crippen molar-refractivity contribution in [3.63, 3.8) is 0 Å². The topological polar surface area (TPSA) is 68.4 Å². The zero-order valence-electron chi connectivity index (χ0n) is 15.9. The molecule has 0 radical (unpaired) electrons.